The van der Waals surface area contributed by atoms with Crippen molar-refractivity contribution < 1.29 is 31.9 Å². The first-order chi connectivity index (χ1) is 12.2. The second-order valence-corrected chi connectivity index (χ2v) is 8.14. The molecular weight excluding hydrogens is 367 g/mol. The number of likely N-dealkylation sites (N-methyl/N-ethyl adjacent to an activating group) is 1. The maximum absolute atomic E-state index is 13.0. The molecule has 0 aliphatic carbocycles. The van der Waals surface area contributed by atoms with Crippen LogP contribution in [0.25, 0.3) is 0 Å². The normalized spacial score (nSPS) is 18.2. The van der Waals surface area contributed by atoms with Crippen LogP contribution in [0.1, 0.15) is 16.8 Å². The second kappa shape index (κ2) is 8.26. The standard InChI is InChI=1S/C16H19FN2O6S/c1-19(13-5-6-26(23,24)10-13)14(20)9-25-15(21)8-18-16(22)11-3-2-4-12(17)7-11/h2-4,7,13H,5-6,8-10H2,1H3,(H,18,22). The molecule has 1 saturated heterocycles. The topological polar surface area (TPSA) is 110 Å². The Morgan fingerprint density at radius 2 is 2.08 bits per heavy atom. The van der Waals surface area contributed by atoms with Crippen molar-refractivity contribution >= 4 is 27.6 Å². The van der Waals surface area contributed by atoms with Crippen molar-refractivity contribution in [2.24, 2.45) is 0 Å². The third-order valence-electron chi connectivity index (χ3n) is 3.99. The van der Waals surface area contributed by atoms with Crippen LogP contribution in [0.5, 0.6) is 0 Å². The van der Waals surface area contributed by atoms with E-state index in [2.05, 4.69) is 5.32 Å². The quantitative estimate of drug-likeness (QED) is 0.675. The smallest absolute Gasteiger partial charge is 0.325 e. The van der Waals surface area contributed by atoms with Crippen LogP contribution in [0.3, 0.4) is 0 Å². The minimum absolute atomic E-state index is 0.0290. The molecule has 1 aromatic rings. The lowest BCUT2D eigenvalue weighted by Gasteiger charge is -2.23. The number of ether oxygens (including phenoxy) is 1. The number of rotatable bonds is 6. The number of sulfone groups is 1. The highest BCUT2D eigenvalue weighted by Crippen LogP contribution is 2.16. The molecule has 1 fully saturated rings. The number of nitrogens with one attached hydrogen (secondary N) is 1. The molecule has 142 valence electrons. The van der Waals surface area contributed by atoms with E-state index in [1.54, 1.807) is 0 Å². The Labute approximate surface area is 150 Å². The molecule has 8 nitrogen and oxygen atoms in total. The number of esters is 1. The highest BCUT2D eigenvalue weighted by molar-refractivity contribution is 7.91. The number of hydrogen-bond acceptors (Lipinski definition) is 6. The molecule has 10 heteroatoms. The third kappa shape index (κ3) is 5.51. The minimum atomic E-state index is -3.13. The number of carbonyl (C=O) groups is 3. The summed E-state index contributed by atoms with van der Waals surface area (Å²) in [4.78, 5) is 36.6. The molecule has 0 aromatic heterocycles. The van der Waals surface area contributed by atoms with Crippen molar-refractivity contribution in [3.05, 3.63) is 35.6 Å². The van der Waals surface area contributed by atoms with E-state index in [4.69, 9.17) is 4.74 Å². The summed E-state index contributed by atoms with van der Waals surface area (Å²) in [5.41, 5.74) is 0.0519. The van der Waals surface area contributed by atoms with Crippen LogP contribution < -0.4 is 5.32 Å². The summed E-state index contributed by atoms with van der Waals surface area (Å²) in [7, 11) is -1.68. The fourth-order valence-corrected chi connectivity index (χ4v) is 4.24. The summed E-state index contributed by atoms with van der Waals surface area (Å²) < 4.78 is 40.7. The molecule has 1 atom stereocenters. The van der Waals surface area contributed by atoms with Crippen LogP contribution in [0.15, 0.2) is 24.3 Å². The highest BCUT2D eigenvalue weighted by atomic mass is 32.2. The lowest BCUT2D eigenvalue weighted by atomic mass is 10.2. The van der Waals surface area contributed by atoms with Crippen molar-refractivity contribution in [2.45, 2.75) is 12.5 Å². The predicted octanol–water partition coefficient (Wildman–Crippen LogP) is -0.256. The molecule has 0 saturated carbocycles. The Kier molecular flexibility index (Phi) is 6.30. The van der Waals surface area contributed by atoms with E-state index >= 15 is 0 Å². The van der Waals surface area contributed by atoms with E-state index in [1.165, 1.54) is 30.1 Å². The van der Waals surface area contributed by atoms with E-state index < -0.39 is 52.6 Å². The van der Waals surface area contributed by atoms with Gasteiger partial charge in [-0.25, -0.2) is 12.8 Å². The first-order valence-corrected chi connectivity index (χ1v) is 9.65. The molecule has 1 heterocycles. The average Bonchev–Trinajstić information content (AvgIpc) is 2.96. The Morgan fingerprint density at radius 1 is 1.35 bits per heavy atom. The van der Waals surface area contributed by atoms with E-state index in [0.29, 0.717) is 6.42 Å². The van der Waals surface area contributed by atoms with Gasteiger partial charge in [0.2, 0.25) is 0 Å². The Bertz CT molecular complexity index is 811. The molecular formula is C16H19FN2O6S. The number of hydrogen-bond donors (Lipinski definition) is 1. The maximum atomic E-state index is 13.0. The van der Waals surface area contributed by atoms with Crippen molar-refractivity contribution in [3.63, 3.8) is 0 Å². The molecule has 0 bridgehead atoms. The third-order valence-corrected chi connectivity index (χ3v) is 5.74. The van der Waals surface area contributed by atoms with Gasteiger partial charge in [-0.3, -0.25) is 14.4 Å². The molecule has 1 N–H and O–H groups in total. The lowest BCUT2D eigenvalue weighted by Crippen LogP contribution is -2.41. The highest BCUT2D eigenvalue weighted by Gasteiger charge is 2.32. The summed E-state index contributed by atoms with van der Waals surface area (Å²) in [6.07, 6.45) is 0.349. The van der Waals surface area contributed by atoms with Crippen molar-refractivity contribution in [1.82, 2.24) is 10.2 Å². The maximum Gasteiger partial charge on any atom is 0.325 e. The van der Waals surface area contributed by atoms with Gasteiger partial charge < -0.3 is 15.0 Å². The fraction of sp³-hybridized carbons (Fsp3) is 0.438. The SMILES string of the molecule is CN(C(=O)COC(=O)CNC(=O)c1cccc(F)c1)C1CCS(=O)(=O)C1. The Morgan fingerprint density at radius 3 is 2.69 bits per heavy atom. The second-order valence-electron chi connectivity index (χ2n) is 5.92. The molecule has 1 aliphatic heterocycles. The van der Waals surface area contributed by atoms with Gasteiger partial charge in [-0.1, -0.05) is 6.07 Å². The van der Waals surface area contributed by atoms with Crippen LogP contribution in [-0.2, 0) is 24.2 Å². The van der Waals surface area contributed by atoms with Gasteiger partial charge in [-0.2, -0.15) is 0 Å². The molecule has 1 unspecified atom stereocenters. The van der Waals surface area contributed by atoms with Crippen molar-refractivity contribution in [2.75, 3.05) is 31.7 Å². The molecule has 2 rings (SSSR count). The summed E-state index contributed by atoms with van der Waals surface area (Å²) in [6, 6.07) is 4.52. The number of halogens is 1. The Hall–Kier alpha value is -2.49. The number of amides is 2. The lowest BCUT2D eigenvalue weighted by molar-refractivity contribution is -0.151. The zero-order chi connectivity index (χ0) is 19.3. The van der Waals surface area contributed by atoms with Gasteiger partial charge in [-0.05, 0) is 24.6 Å². The van der Waals surface area contributed by atoms with Crippen LogP contribution in [0.4, 0.5) is 4.39 Å². The zero-order valence-electron chi connectivity index (χ0n) is 14.1. The molecule has 1 aromatic carbocycles. The van der Waals surface area contributed by atoms with E-state index in [1.807, 2.05) is 0 Å². The van der Waals surface area contributed by atoms with E-state index in [-0.39, 0.29) is 17.1 Å². The summed E-state index contributed by atoms with van der Waals surface area (Å²) >= 11 is 0. The summed E-state index contributed by atoms with van der Waals surface area (Å²) in [6.45, 7) is -1.04. The molecule has 1 aliphatic rings. The van der Waals surface area contributed by atoms with Crippen molar-refractivity contribution in [1.29, 1.82) is 0 Å². The van der Waals surface area contributed by atoms with Gasteiger partial charge in [0.05, 0.1) is 11.5 Å². The fourth-order valence-electron chi connectivity index (χ4n) is 2.46. The summed E-state index contributed by atoms with van der Waals surface area (Å²) in [5.74, 6) is -2.68. The monoisotopic (exact) mass is 386 g/mol. The van der Waals surface area contributed by atoms with Crippen LogP contribution in [0, 0.1) is 5.82 Å². The molecule has 0 spiro atoms. The first kappa shape index (κ1) is 19.8. The molecule has 2 amide bonds. The number of nitrogens with zero attached hydrogens (tertiary/aromatic N) is 1. The van der Waals surface area contributed by atoms with E-state index in [0.717, 1.165) is 6.07 Å². The summed E-state index contributed by atoms with van der Waals surface area (Å²) in [5, 5.41) is 2.26. The Balaban J connectivity index is 1.74. The van der Waals surface area contributed by atoms with Crippen LogP contribution in [-0.4, -0.2) is 68.8 Å². The van der Waals surface area contributed by atoms with Crippen LogP contribution >= 0.6 is 0 Å². The van der Waals surface area contributed by atoms with Gasteiger partial charge in [0.15, 0.2) is 16.4 Å². The van der Waals surface area contributed by atoms with E-state index in [9.17, 15) is 27.2 Å². The van der Waals surface area contributed by atoms with Crippen LogP contribution in [0.2, 0.25) is 0 Å². The van der Waals surface area contributed by atoms with Crippen molar-refractivity contribution in [3.8, 4) is 0 Å². The van der Waals surface area contributed by atoms with Gasteiger partial charge in [0.1, 0.15) is 12.4 Å². The predicted molar refractivity (Wildman–Crippen MR) is 89.5 cm³/mol. The average molecular weight is 386 g/mol. The molecule has 26 heavy (non-hydrogen) atoms. The van der Waals surface area contributed by atoms with Gasteiger partial charge in [0.25, 0.3) is 11.8 Å². The largest absolute Gasteiger partial charge is 0.454 e. The van der Waals surface area contributed by atoms with Gasteiger partial charge >= 0.3 is 5.97 Å². The molecule has 0 radical (unpaired) electrons. The number of benzene rings is 1. The minimum Gasteiger partial charge on any atom is -0.454 e. The first-order valence-electron chi connectivity index (χ1n) is 7.83. The van der Waals surface area contributed by atoms with Gasteiger partial charge in [0, 0.05) is 18.7 Å². The number of carbonyl (C=O) groups excluding carboxylic acids is 3. The van der Waals surface area contributed by atoms with Gasteiger partial charge in [-0.15, -0.1) is 0 Å². The zero-order valence-corrected chi connectivity index (χ0v) is 14.9.